The molecular formula is C22H23NO4. The topological polar surface area (TPSA) is 60.7 Å². The Morgan fingerprint density at radius 2 is 1.70 bits per heavy atom. The number of furan rings is 1. The van der Waals surface area contributed by atoms with E-state index in [1.54, 1.807) is 0 Å². The summed E-state index contributed by atoms with van der Waals surface area (Å²) in [6, 6.07) is 9.62. The van der Waals surface area contributed by atoms with Gasteiger partial charge in [-0.2, -0.15) is 0 Å². The highest BCUT2D eigenvalue weighted by atomic mass is 16.6. The lowest BCUT2D eigenvalue weighted by atomic mass is 10.0. The molecule has 0 aliphatic carbocycles. The highest BCUT2D eigenvalue weighted by molar-refractivity contribution is 6.00. The smallest absolute Gasteiger partial charge is 0.287 e. The van der Waals surface area contributed by atoms with Gasteiger partial charge in [-0.15, -0.1) is 0 Å². The van der Waals surface area contributed by atoms with Gasteiger partial charge in [-0.25, -0.2) is 0 Å². The molecule has 2 aromatic carbocycles. The van der Waals surface area contributed by atoms with Gasteiger partial charge in [0.25, 0.3) is 5.91 Å². The molecule has 27 heavy (non-hydrogen) atoms. The van der Waals surface area contributed by atoms with Crippen molar-refractivity contribution >= 4 is 16.9 Å². The van der Waals surface area contributed by atoms with Crippen molar-refractivity contribution in [2.75, 3.05) is 13.2 Å². The third-order valence-electron chi connectivity index (χ3n) is 5.10. The number of carbonyl (C=O) groups excluding carboxylic acids is 1. The molecule has 5 heteroatoms. The van der Waals surface area contributed by atoms with E-state index in [1.165, 1.54) is 0 Å². The highest BCUT2D eigenvalue weighted by Gasteiger charge is 2.22. The van der Waals surface area contributed by atoms with Crippen LogP contribution in [-0.2, 0) is 0 Å². The van der Waals surface area contributed by atoms with Crippen molar-refractivity contribution < 1.29 is 18.7 Å². The first-order valence-electron chi connectivity index (χ1n) is 9.15. The van der Waals surface area contributed by atoms with Crippen LogP contribution >= 0.6 is 0 Å². The Kier molecular flexibility index (Phi) is 4.30. The maximum atomic E-state index is 12.9. The normalized spacial score (nSPS) is 14.2. The van der Waals surface area contributed by atoms with Crippen LogP contribution in [0.25, 0.3) is 11.0 Å². The monoisotopic (exact) mass is 365 g/mol. The number of rotatable bonds is 3. The molecule has 0 fully saturated rings. The minimum Gasteiger partial charge on any atom is -0.486 e. The number of carbonyl (C=O) groups is 1. The van der Waals surface area contributed by atoms with Crippen LogP contribution in [0.2, 0.25) is 0 Å². The summed E-state index contributed by atoms with van der Waals surface area (Å²) in [4.78, 5) is 12.9. The second-order valence-corrected chi connectivity index (χ2v) is 7.06. The van der Waals surface area contributed by atoms with Crippen LogP contribution in [0.3, 0.4) is 0 Å². The fraction of sp³-hybridized carbons (Fsp3) is 0.318. The van der Waals surface area contributed by atoms with E-state index >= 15 is 0 Å². The molecule has 2 heterocycles. The molecule has 1 aliphatic heterocycles. The maximum absolute atomic E-state index is 12.9. The molecule has 5 nitrogen and oxygen atoms in total. The van der Waals surface area contributed by atoms with E-state index in [-0.39, 0.29) is 11.9 Å². The maximum Gasteiger partial charge on any atom is 0.287 e. The highest BCUT2D eigenvalue weighted by Crippen LogP contribution is 2.33. The molecule has 0 saturated carbocycles. The Hall–Kier alpha value is -2.95. The number of hydrogen-bond acceptors (Lipinski definition) is 4. The van der Waals surface area contributed by atoms with Crippen LogP contribution in [0.4, 0.5) is 0 Å². The van der Waals surface area contributed by atoms with Crippen molar-refractivity contribution in [3.63, 3.8) is 0 Å². The first-order chi connectivity index (χ1) is 13.0. The van der Waals surface area contributed by atoms with E-state index in [0.717, 1.165) is 39.0 Å². The Morgan fingerprint density at radius 3 is 2.44 bits per heavy atom. The van der Waals surface area contributed by atoms with Crippen molar-refractivity contribution in [3.05, 3.63) is 58.3 Å². The molecule has 3 aromatic rings. The number of benzene rings is 2. The standard InChI is InChI=1S/C22H23NO4/c1-12-5-6-13(2)20-19(12)14(3)21(27-20)22(24)23-15(4)16-7-8-17-18(11-16)26-10-9-25-17/h5-8,11,15H,9-10H2,1-4H3,(H,23,24). The predicted molar refractivity (Wildman–Crippen MR) is 104 cm³/mol. The fourth-order valence-electron chi connectivity index (χ4n) is 3.57. The summed E-state index contributed by atoms with van der Waals surface area (Å²) in [7, 11) is 0. The third-order valence-corrected chi connectivity index (χ3v) is 5.10. The van der Waals surface area contributed by atoms with Gasteiger partial charge in [0.1, 0.15) is 18.8 Å². The molecule has 1 atom stereocenters. The van der Waals surface area contributed by atoms with E-state index in [0.29, 0.717) is 24.7 Å². The Labute approximate surface area is 158 Å². The molecule has 140 valence electrons. The van der Waals surface area contributed by atoms with Gasteiger partial charge in [0.15, 0.2) is 17.3 Å². The van der Waals surface area contributed by atoms with Gasteiger partial charge in [0.2, 0.25) is 0 Å². The van der Waals surface area contributed by atoms with Crippen LogP contribution in [0.1, 0.15) is 45.8 Å². The molecule has 1 aliphatic rings. The number of ether oxygens (including phenoxy) is 2. The lowest BCUT2D eigenvalue weighted by Gasteiger charge is -2.21. The Morgan fingerprint density at radius 1 is 1.00 bits per heavy atom. The van der Waals surface area contributed by atoms with Gasteiger partial charge in [0, 0.05) is 10.9 Å². The molecule has 1 amide bonds. The largest absolute Gasteiger partial charge is 0.486 e. The first-order valence-corrected chi connectivity index (χ1v) is 9.15. The summed E-state index contributed by atoms with van der Waals surface area (Å²) >= 11 is 0. The summed E-state index contributed by atoms with van der Waals surface area (Å²) in [6.07, 6.45) is 0. The van der Waals surface area contributed by atoms with Crippen LogP contribution in [-0.4, -0.2) is 19.1 Å². The molecule has 0 spiro atoms. The molecule has 4 rings (SSSR count). The summed E-state index contributed by atoms with van der Waals surface area (Å²) in [5, 5.41) is 4.05. The molecule has 0 radical (unpaired) electrons. The minimum absolute atomic E-state index is 0.192. The third kappa shape index (κ3) is 3.03. The van der Waals surface area contributed by atoms with Crippen molar-refractivity contribution in [3.8, 4) is 11.5 Å². The van der Waals surface area contributed by atoms with E-state index in [2.05, 4.69) is 11.4 Å². The second kappa shape index (κ2) is 6.65. The molecule has 0 saturated heterocycles. The lowest BCUT2D eigenvalue weighted by Crippen LogP contribution is -2.27. The van der Waals surface area contributed by atoms with E-state index in [1.807, 2.05) is 52.0 Å². The van der Waals surface area contributed by atoms with Crippen LogP contribution in [0, 0.1) is 20.8 Å². The molecule has 1 aromatic heterocycles. The molecule has 1 N–H and O–H groups in total. The fourth-order valence-corrected chi connectivity index (χ4v) is 3.57. The van der Waals surface area contributed by atoms with Gasteiger partial charge in [-0.1, -0.05) is 18.2 Å². The van der Waals surface area contributed by atoms with Crippen molar-refractivity contribution in [2.45, 2.75) is 33.7 Å². The van der Waals surface area contributed by atoms with E-state index in [9.17, 15) is 4.79 Å². The summed E-state index contributed by atoms with van der Waals surface area (Å²) in [5.41, 5.74) is 4.74. The van der Waals surface area contributed by atoms with Crippen molar-refractivity contribution in [2.24, 2.45) is 0 Å². The Balaban J connectivity index is 1.61. The van der Waals surface area contributed by atoms with E-state index < -0.39 is 0 Å². The zero-order valence-corrected chi connectivity index (χ0v) is 16.0. The van der Waals surface area contributed by atoms with Crippen LogP contribution in [0.5, 0.6) is 11.5 Å². The van der Waals surface area contributed by atoms with Gasteiger partial charge in [0.05, 0.1) is 6.04 Å². The van der Waals surface area contributed by atoms with Crippen molar-refractivity contribution in [1.82, 2.24) is 5.32 Å². The summed E-state index contributed by atoms with van der Waals surface area (Å²) in [5.74, 6) is 1.60. The number of fused-ring (bicyclic) bond motifs is 2. The summed E-state index contributed by atoms with van der Waals surface area (Å²) in [6.45, 7) is 8.99. The number of aryl methyl sites for hydroxylation is 3. The first kappa shape index (κ1) is 17.5. The average molecular weight is 365 g/mol. The molecule has 1 unspecified atom stereocenters. The quantitative estimate of drug-likeness (QED) is 0.736. The second-order valence-electron chi connectivity index (χ2n) is 7.06. The zero-order valence-electron chi connectivity index (χ0n) is 16.0. The van der Waals surface area contributed by atoms with Gasteiger partial charge in [-0.3, -0.25) is 4.79 Å². The van der Waals surface area contributed by atoms with Crippen molar-refractivity contribution in [1.29, 1.82) is 0 Å². The molecule has 0 bridgehead atoms. The zero-order chi connectivity index (χ0) is 19.1. The van der Waals surface area contributed by atoms with Gasteiger partial charge in [-0.05, 0) is 56.5 Å². The van der Waals surface area contributed by atoms with Crippen LogP contribution < -0.4 is 14.8 Å². The number of amides is 1. The number of nitrogens with one attached hydrogen (secondary N) is 1. The van der Waals surface area contributed by atoms with E-state index in [4.69, 9.17) is 13.9 Å². The average Bonchev–Trinajstić information content (AvgIpc) is 3.03. The van der Waals surface area contributed by atoms with Crippen LogP contribution in [0.15, 0.2) is 34.7 Å². The number of hydrogen-bond donors (Lipinski definition) is 1. The minimum atomic E-state index is -0.218. The lowest BCUT2D eigenvalue weighted by molar-refractivity contribution is 0.0913. The van der Waals surface area contributed by atoms with Gasteiger partial charge >= 0.3 is 0 Å². The Bertz CT molecular complexity index is 1030. The summed E-state index contributed by atoms with van der Waals surface area (Å²) < 4.78 is 17.1. The van der Waals surface area contributed by atoms with Gasteiger partial charge < -0.3 is 19.2 Å². The molecular weight excluding hydrogens is 342 g/mol. The predicted octanol–water partition coefficient (Wildman–Crippen LogP) is 4.62. The SMILES string of the molecule is Cc1ccc(C)c2c(C)c(C(=O)NC(C)c3ccc4c(c3)OCCO4)oc12.